The van der Waals surface area contributed by atoms with E-state index in [1.165, 1.54) is 12.2 Å². The van der Waals surface area contributed by atoms with Crippen LogP contribution in [0.5, 0.6) is 0 Å². The first-order valence-corrected chi connectivity index (χ1v) is 8.21. The maximum atomic E-state index is 11.8. The highest BCUT2D eigenvalue weighted by atomic mass is 16.2. The van der Waals surface area contributed by atoms with Gasteiger partial charge in [-0.1, -0.05) is 55.1 Å². The van der Waals surface area contributed by atoms with E-state index in [1.807, 2.05) is 42.5 Å². The van der Waals surface area contributed by atoms with Gasteiger partial charge in [0.25, 0.3) is 0 Å². The number of amides is 2. The Hall–Kier alpha value is -3.14. The number of hydrogen-bond acceptors (Lipinski definition) is 2. The van der Waals surface area contributed by atoms with Gasteiger partial charge in [0, 0.05) is 19.2 Å². The highest BCUT2D eigenvalue weighted by Crippen LogP contribution is 2.20. The van der Waals surface area contributed by atoms with Gasteiger partial charge in [-0.3, -0.25) is 9.59 Å². The summed E-state index contributed by atoms with van der Waals surface area (Å²) >= 11 is 0. The minimum absolute atomic E-state index is 0.153. The summed E-state index contributed by atoms with van der Waals surface area (Å²) in [5.41, 5.74) is 3.22. The van der Waals surface area contributed by atoms with Crippen LogP contribution in [0.15, 0.2) is 73.3 Å². The van der Waals surface area contributed by atoms with E-state index in [1.54, 1.807) is 6.08 Å². The maximum Gasteiger partial charge on any atom is 0.244 e. The molecule has 0 radical (unpaired) electrons. The first-order valence-electron chi connectivity index (χ1n) is 8.21. The quantitative estimate of drug-likeness (QED) is 0.575. The molecule has 0 saturated carbocycles. The van der Waals surface area contributed by atoms with Gasteiger partial charge in [-0.2, -0.15) is 0 Å². The third-order valence-electron chi connectivity index (χ3n) is 3.56. The molecule has 128 valence electrons. The molecule has 0 aromatic heterocycles. The predicted octanol–water partition coefficient (Wildman–Crippen LogP) is 3.18. The molecule has 0 saturated heterocycles. The average molecular weight is 334 g/mol. The lowest BCUT2D eigenvalue weighted by molar-refractivity contribution is -0.116. The molecule has 2 rings (SSSR count). The van der Waals surface area contributed by atoms with Crippen LogP contribution in [-0.4, -0.2) is 24.9 Å². The number of nitrogens with one attached hydrogen (secondary N) is 2. The van der Waals surface area contributed by atoms with E-state index in [4.69, 9.17) is 0 Å². The summed E-state index contributed by atoms with van der Waals surface area (Å²) < 4.78 is 0. The Kier molecular flexibility index (Phi) is 7.19. The molecule has 4 heteroatoms. The zero-order chi connectivity index (χ0) is 17.9. The Balaban J connectivity index is 1.82. The van der Waals surface area contributed by atoms with Crippen LogP contribution in [0.25, 0.3) is 17.2 Å². The molecule has 2 amide bonds. The average Bonchev–Trinajstić information content (AvgIpc) is 2.66. The van der Waals surface area contributed by atoms with E-state index in [0.29, 0.717) is 19.5 Å². The van der Waals surface area contributed by atoms with E-state index in [9.17, 15) is 9.59 Å². The Labute approximate surface area is 148 Å². The van der Waals surface area contributed by atoms with Crippen molar-refractivity contribution in [3.63, 3.8) is 0 Å². The summed E-state index contributed by atoms with van der Waals surface area (Å²) in [5, 5.41) is 5.45. The number of carbonyl (C=O) groups is 2. The molecule has 0 aliphatic carbocycles. The Bertz CT molecular complexity index is 752. The van der Waals surface area contributed by atoms with Crippen LogP contribution in [-0.2, 0) is 9.59 Å². The second-order valence-corrected chi connectivity index (χ2v) is 5.46. The zero-order valence-electron chi connectivity index (χ0n) is 14.1. The van der Waals surface area contributed by atoms with Crippen LogP contribution < -0.4 is 10.6 Å². The molecule has 0 fully saturated rings. The van der Waals surface area contributed by atoms with Gasteiger partial charge in [0.1, 0.15) is 0 Å². The summed E-state index contributed by atoms with van der Waals surface area (Å²) in [5.74, 6) is -0.357. The fourth-order valence-electron chi connectivity index (χ4n) is 2.27. The second kappa shape index (κ2) is 9.88. The third-order valence-corrected chi connectivity index (χ3v) is 3.56. The third kappa shape index (κ3) is 6.47. The molecule has 0 aliphatic rings. The molecular formula is C21H22N2O2. The topological polar surface area (TPSA) is 58.2 Å². The van der Waals surface area contributed by atoms with Gasteiger partial charge >= 0.3 is 0 Å². The molecule has 0 aliphatic heterocycles. The largest absolute Gasteiger partial charge is 0.353 e. The van der Waals surface area contributed by atoms with Gasteiger partial charge in [0.15, 0.2) is 0 Å². The van der Waals surface area contributed by atoms with Crippen molar-refractivity contribution >= 4 is 17.9 Å². The van der Waals surface area contributed by atoms with Crippen molar-refractivity contribution in [1.29, 1.82) is 0 Å². The minimum atomic E-state index is -0.204. The lowest BCUT2D eigenvalue weighted by Crippen LogP contribution is -2.28. The van der Waals surface area contributed by atoms with Crippen LogP contribution in [0, 0.1) is 0 Å². The summed E-state index contributed by atoms with van der Waals surface area (Å²) in [6.07, 6.45) is 5.21. The first-order chi connectivity index (χ1) is 12.2. The Morgan fingerprint density at radius 1 is 0.880 bits per heavy atom. The molecule has 25 heavy (non-hydrogen) atoms. The molecule has 2 aromatic carbocycles. The molecule has 0 atom stereocenters. The monoisotopic (exact) mass is 334 g/mol. The van der Waals surface area contributed by atoms with Crippen molar-refractivity contribution in [1.82, 2.24) is 10.6 Å². The van der Waals surface area contributed by atoms with Gasteiger partial charge in [0.05, 0.1) is 0 Å². The highest BCUT2D eigenvalue weighted by molar-refractivity contribution is 5.91. The molecule has 2 N–H and O–H groups in total. The molecular weight excluding hydrogens is 312 g/mol. The smallest absolute Gasteiger partial charge is 0.244 e. The van der Waals surface area contributed by atoms with Crippen molar-refractivity contribution in [3.05, 3.63) is 78.9 Å². The molecule has 2 aromatic rings. The molecule has 0 spiro atoms. The van der Waals surface area contributed by atoms with E-state index >= 15 is 0 Å². The SMILES string of the molecule is C=CC(=O)NCCCNC(=O)/C=C/c1cccc(-c2ccccc2)c1. The number of rotatable bonds is 8. The minimum Gasteiger partial charge on any atom is -0.353 e. The summed E-state index contributed by atoms with van der Waals surface area (Å²) in [6.45, 7) is 4.39. The molecule has 0 heterocycles. The fourth-order valence-corrected chi connectivity index (χ4v) is 2.27. The normalized spacial score (nSPS) is 10.4. The van der Waals surface area contributed by atoms with Crippen LogP contribution in [0.2, 0.25) is 0 Å². The number of benzene rings is 2. The highest BCUT2D eigenvalue weighted by Gasteiger charge is 1.99. The predicted molar refractivity (Wildman–Crippen MR) is 102 cm³/mol. The van der Waals surface area contributed by atoms with Crippen LogP contribution in [0.3, 0.4) is 0 Å². The van der Waals surface area contributed by atoms with E-state index in [2.05, 4.69) is 29.3 Å². The number of carbonyl (C=O) groups excluding carboxylic acids is 2. The lowest BCUT2D eigenvalue weighted by Gasteiger charge is -2.04. The van der Waals surface area contributed by atoms with E-state index < -0.39 is 0 Å². The lowest BCUT2D eigenvalue weighted by atomic mass is 10.0. The summed E-state index contributed by atoms with van der Waals surface area (Å²) in [7, 11) is 0. The summed E-state index contributed by atoms with van der Waals surface area (Å²) in [4.78, 5) is 22.8. The van der Waals surface area contributed by atoms with Gasteiger partial charge in [-0.15, -0.1) is 0 Å². The number of hydrogen-bond donors (Lipinski definition) is 2. The van der Waals surface area contributed by atoms with Gasteiger partial charge in [-0.05, 0) is 41.3 Å². The zero-order valence-corrected chi connectivity index (χ0v) is 14.1. The standard InChI is InChI=1S/C21H22N2O2/c1-2-20(24)22-14-7-15-23-21(25)13-12-17-8-6-11-19(16-17)18-9-4-3-5-10-18/h2-6,8-13,16H,1,7,14-15H2,(H,22,24)(H,23,25)/b13-12+. The van der Waals surface area contributed by atoms with Crippen molar-refractivity contribution in [2.24, 2.45) is 0 Å². The summed E-state index contributed by atoms with van der Waals surface area (Å²) in [6, 6.07) is 18.1. The van der Waals surface area contributed by atoms with Crippen LogP contribution >= 0.6 is 0 Å². The van der Waals surface area contributed by atoms with Gasteiger partial charge < -0.3 is 10.6 Å². The Morgan fingerprint density at radius 3 is 2.28 bits per heavy atom. The van der Waals surface area contributed by atoms with Crippen molar-refractivity contribution in [3.8, 4) is 11.1 Å². The molecule has 0 bridgehead atoms. The Morgan fingerprint density at radius 2 is 1.56 bits per heavy atom. The second-order valence-electron chi connectivity index (χ2n) is 5.46. The van der Waals surface area contributed by atoms with Gasteiger partial charge in [-0.25, -0.2) is 0 Å². The first kappa shape index (κ1) is 18.2. The van der Waals surface area contributed by atoms with Crippen molar-refractivity contribution < 1.29 is 9.59 Å². The van der Waals surface area contributed by atoms with Crippen LogP contribution in [0.1, 0.15) is 12.0 Å². The van der Waals surface area contributed by atoms with E-state index in [0.717, 1.165) is 16.7 Å². The van der Waals surface area contributed by atoms with Crippen LogP contribution in [0.4, 0.5) is 0 Å². The van der Waals surface area contributed by atoms with Gasteiger partial charge in [0.2, 0.25) is 11.8 Å². The van der Waals surface area contributed by atoms with Crippen molar-refractivity contribution in [2.45, 2.75) is 6.42 Å². The molecule has 4 nitrogen and oxygen atoms in total. The molecule has 0 unspecified atom stereocenters. The maximum absolute atomic E-state index is 11.8. The fraction of sp³-hybridized carbons (Fsp3) is 0.143. The van der Waals surface area contributed by atoms with Crippen molar-refractivity contribution in [2.75, 3.05) is 13.1 Å². The van der Waals surface area contributed by atoms with E-state index in [-0.39, 0.29) is 11.8 Å².